The van der Waals surface area contributed by atoms with Gasteiger partial charge in [0.1, 0.15) is 10.9 Å². The second-order valence-corrected chi connectivity index (χ2v) is 3.96. The fourth-order valence-electron chi connectivity index (χ4n) is 1.76. The molecule has 0 radical (unpaired) electrons. The number of rotatable bonds is 2. The van der Waals surface area contributed by atoms with Crippen molar-refractivity contribution in [2.24, 2.45) is 7.05 Å². The maximum atomic E-state index is 6.03. The van der Waals surface area contributed by atoms with E-state index in [4.69, 9.17) is 16.3 Å². The number of halogens is 1. The van der Waals surface area contributed by atoms with Gasteiger partial charge in [-0.1, -0.05) is 11.6 Å². The lowest BCUT2D eigenvalue weighted by molar-refractivity contribution is 0.415. The zero-order chi connectivity index (χ0) is 11.7. The van der Waals surface area contributed by atoms with Crippen molar-refractivity contribution in [2.45, 2.75) is 6.92 Å². The second-order valence-electron chi connectivity index (χ2n) is 3.57. The summed E-state index contributed by atoms with van der Waals surface area (Å²) >= 11 is 6.03. The van der Waals surface area contributed by atoms with Gasteiger partial charge in [0.25, 0.3) is 0 Å². The van der Waals surface area contributed by atoms with E-state index in [2.05, 4.69) is 4.98 Å². The minimum Gasteiger partial charge on any atom is -0.496 e. The summed E-state index contributed by atoms with van der Waals surface area (Å²) in [7, 11) is 3.58. The van der Waals surface area contributed by atoms with E-state index in [1.54, 1.807) is 13.3 Å². The number of nitrogens with zero attached hydrogens (tertiary/aromatic N) is 2. The lowest BCUT2D eigenvalue weighted by Gasteiger charge is -2.11. The summed E-state index contributed by atoms with van der Waals surface area (Å²) in [5.74, 6) is 0.811. The summed E-state index contributed by atoms with van der Waals surface area (Å²) in [6.07, 6.45) is 1.74. The number of methoxy groups -OCH3 is 1. The predicted octanol–water partition coefficient (Wildman–Crippen LogP) is 3.06. The molecule has 0 aromatic carbocycles. The van der Waals surface area contributed by atoms with Crippen LogP contribution in [-0.4, -0.2) is 16.7 Å². The summed E-state index contributed by atoms with van der Waals surface area (Å²) < 4.78 is 7.26. The minimum absolute atomic E-state index is 0.695. The predicted molar refractivity (Wildman–Crippen MR) is 64.9 cm³/mol. The molecule has 0 aliphatic rings. The minimum atomic E-state index is 0.695. The van der Waals surface area contributed by atoms with Gasteiger partial charge in [-0.2, -0.15) is 0 Å². The van der Waals surface area contributed by atoms with E-state index in [1.165, 1.54) is 0 Å². The highest BCUT2D eigenvalue weighted by Crippen LogP contribution is 2.33. The first-order chi connectivity index (χ1) is 7.65. The standard InChI is InChI=1S/C12H13ClN2O/c1-8-12(10(16-3)6-7-14-8)9-4-5-11(13)15(9)2/h4-7H,1-3H3. The Morgan fingerprint density at radius 2 is 2.06 bits per heavy atom. The molecule has 2 rings (SSSR count). The summed E-state index contributed by atoms with van der Waals surface area (Å²) in [5, 5.41) is 0.695. The zero-order valence-electron chi connectivity index (χ0n) is 9.49. The van der Waals surface area contributed by atoms with Gasteiger partial charge in [0.15, 0.2) is 0 Å². The van der Waals surface area contributed by atoms with Crippen LogP contribution in [0.15, 0.2) is 24.4 Å². The fourth-order valence-corrected chi connectivity index (χ4v) is 1.92. The topological polar surface area (TPSA) is 27.1 Å². The van der Waals surface area contributed by atoms with Gasteiger partial charge in [-0.15, -0.1) is 0 Å². The highest BCUT2D eigenvalue weighted by molar-refractivity contribution is 6.29. The van der Waals surface area contributed by atoms with Crippen LogP contribution in [0.3, 0.4) is 0 Å². The maximum Gasteiger partial charge on any atom is 0.131 e. The third-order valence-electron chi connectivity index (χ3n) is 2.64. The van der Waals surface area contributed by atoms with Crippen molar-refractivity contribution in [2.75, 3.05) is 7.11 Å². The molecular formula is C12H13ClN2O. The zero-order valence-corrected chi connectivity index (χ0v) is 10.2. The van der Waals surface area contributed by atoms with E-state index in [0.717, 1.165) is 22.7 Å². The Morgan fingerprint density at radius 3 is 2.62 bits per heavy atom. The van der Waals surface area contributed by atoms with Gasteiger partial charge in [0.05, 0.1) is 24.1 Å². The SMILES string of the molecule is COc1ccnc(C)c1-c1ccc(Cl)n1C. The van der Waals surface area contributed by atoms with Crippen molar-refractivity contribution >= 4 is 11.6 Å². The first-order valence-corrected chi connectivity index (χ1v) is 5.34. The Balaban J connectivity index is 2.68. The molecule has 2 aromatic rings. The number of ether oxygens (including phenoxy) is 1. The van der Waals surface area contributed by atoms with Crippen LogP contribution in [0.5, 0.6) is 5.75 Å². The van der Waals surface area contributed by atoms with E-state index in [9.17, 15) is 0 Å². The lowest BCUT2D eigenvalue weighted by Crippen LogP contribution is -1.98. The maximum absolute atomic E-state index is 6.03. The molecule has 0 aliphatic carbocycles. The molecule has 2 heterocycles. The Kier molecular flexibility index (Phi) is 2.88. The quantitative estimate of drug-likeness (QED) is 0.801. The number of hydrogen-bond acceptors (Lipinski definition) is 2. The summed E-state index contributed by atoms with van der Waals surface area (Å²) in [5.41, 5.74) is 2.92. The Hall–Kier alpha value is -1.48. The van der Waals surface area contributed by atoms with Gasteiger partial charge in [-0.05, 0) is 25.1 Å². The normalized spacial score (nSPS) is 10.5. The van der Waals surface area contributed by atoms with Crippen molar-refractivity contribution in [3.8, 4) is 17.0 Å². The lowest BCUT2D eigenvalue weighted by atomic mass is 10.1. The van der Waals surface area contributed by atoms with Crippen molar-refractivity contribution in [3.05, 3.63) is 35.2 Å². The summed E-state index contributed by atoms with van der Waals surface area (Å²) in [4.78, 5) is 4.28. The monoisotopic (exact) mass is 236 g/mol. The van der Waals surface area contributed by atoms with Crippen LogP contribution >= 0.6 is 11.6 Å². The van der Waals surface area contributed by atoms with Crippen molar-refractivity contribution < 1.29 is 4.74 Å². The van der Waals surface area contributed by atoms with Crippen LogP contribution in [0.25, 0.3) is 11.3 Å². The summed E-state index contributed by atoms with van der Waals surface area (Å²) in [6.45, 7) is 1.96. The molecule has 4 heteroatoms. The number of aromatic nitrogens is 2. The van der Waals surface area contributed by atoms with Gasteiger partial charge in [0, 0.05) is 13.2 Å². The molecule has 0 saturated carbocycles. The molecule has 0 saturated heterocycles. The van der Waals surface area contributed by atoms with Crippen LogP contribution in [0, 0.1) is 6.92 Å². The molecule has 0 bridgehead atoms. The Labute approximate surface area is 99.6 Å². The number of aryl methyl sites for hydroxylation is 1. The first kappa shape index (κ1) is 11.0. The smallest absolute Gasteiger partial charge is 0.131 e. The molecule has 16 heavy (non-hydrogen) atoms. The van der Waals surface area contributed by atoms with Crippen molar-refractivity contribution in [3.63, 3.8) is 0 Å². The molecule has 0 N–H and O–H groups in total. The molecule has 0 fully saturated rings. The van der Waals surface area contributed by atoms with E-state index >= 15 is 0 Å². The average molecular weight is 237 g/mol. The molecule has 3 nitrogen and oxygen atoms in total. The molecule has 0 spiro atoms. The van der Waals surface area contributed by atoms with Gasteiger partial charge >= 0.3 is 0 Å². The summed E-state index contributed by atoms with van der Waals surface area (Å²) in [6, 6.07) is 5.68. The molecule has 0 amide bonds. The number of pyridine rings is 1. The highest BCUT2D eigenvalue weighted by atomic mass is 35.5. The van der Waals surface area contributed by atoms with E-state index < -0.39 is 0 Å². The van der Waals surface area contributed by atoms with Crippen LogP contribution in [0.2, 0.25) is 5.15 Å². The average Bonchev–Trinajstić information content (AvgIpc) is 2.60. The van der Waals surface area contributed by atoms with Gasteiger partial charge in [-0.3, -0.25) is 4.98 Å². The van der Waals surface area contributed by atoms with Crippen molar-refractivity contribution in [1.82, 2.24) is 9.55 Å². The van der Waals surface area contributed by atoms with E-state index in [-0.39, 0.29) is 0 Å². The molecule has 84 valence electrons. The van der Waals surface area contributed by atoms with E-state index in [1.807, 2.05) is 36.7 Å². The number of hydrogen-bond donors (Lipinski definition) is 0. The fraction of sp³-hybridized carbons (Fsp3) is 0.250. The van der Waals surface area contributed by atoms with Gasteiger partial charge < -0.3 is 9.30 Å². The molecular weight excluding hydrogens is 224 g/mol. The second kappa shape index (κ2) is 4.18. The highest BCUT2D eigenvalue weighted by Gasteiger charge is 2.13. The van der Waals surface area contributed by atoms with Gasteiger partial charge in [0.2, 0.25) is 0 Å². The first-order valence-electron chi connectivity index (χ1n) is 4.96. The Morgan fingerprint density at radius 1 is 1.31 bits per heavy atom. The van der Waals surface area contributed by atoms with Gasteiger partial charge in [-0.25, -0.2) is 0 Å². The third kappa shape index (κ3) is 1.67. The van der Waals surface area contributed by atoms with Crippen LogP contribution in [-0.2, 0) is 7.05 Å². The van der Waals surface area contributed by atoms with Crippen LogP contribution in [0.4, 0.5) is 0 Å². The Bertz CT molecular complexity index is 520. The molecule has 0 aliphatic heterocycles. The third-order valence-corrected chi connectivity index (χ3v) is 3.02. The van der Waals surface area contributed by atoms with Crippen LogP contribution < -0.4 is 4.74 Å². The molecule has 0 unspecified atom stereocenters. The largest absolute Gasteiger partial charge is 0.496 e. The molecule has 2 aromatic heterocycles. The van der Waals surface area contributed by atoms with Crippen LogP contribution in [0.1, 0.15) is 5.69 Å². The molecule has 0 atom stereocenters. The van der Waals surface area contributed by atoms with E-state index in [0.29, 0.717) is 5.15 Å². The van der Waals surface area contributed by atoms with Crippen molar-refractivity contribution in [1.29, 1.82) is 0 Å².